The lowest BCUT2D eigenvalue weighted by Gasteiger charge is -2.19. The third-order valence-electron chi connectivity index (χ3n) is 3.11. The van der Waals surface area contributed by atoms with Crippen molar-refractivity contribution in [2.24, 2.45) is 0 Å². The maximum Gasteiger partial charge on any atom is 0.255 e. The zero-order valence-electron chi connectivity index (χ0n) is 12.5. The highest BCUT2D eigenvalue weighted by atomic mass is 32.2. The van der Waals surface area contributed by atoms with Gasteiger partial charge in [-0.1, -0.05) is 12.1 Å². The van der Waals surface area contributed by atoms with Gasteiger partial charge in [0.15, 0.2) is 0 Å². The molecule has 0 saturated carbocycles. The van der Waals surface area contributed by atoms with E-state index < -0.39 is 20.7 Å². The van der Waals surface area contributed by atoms with E-state index in [1.807, 2.05) is 4.72 Å². The van der Waals surface area contributed by atoms with Gasteiger partial charge in [-0.25, -0.2) is 8.42 Å². The van der Waals surface area contributed by atoms with Gasteiger partial charge in [-0.3, -0.25) is 19.0 Å². The first kappa shape index (κ1) is 16.2. The zero-order chi connectivity index (χ0) is 16.5. The molecule has 0 unspecified atom stereocenters. The van der Waals surface area contributed by atoms with Crippen molar-refractivity contribution < 1.29 is 13.2 Å². The Labute approximate surface area is 128 Å². The number of amides is 1. The molecule has 1 N–H and O–H groups in total. The van der Waals surface area contributed by atoms with Crippen molar-refractivity contribution in [2.75, 3.05) is 0 Å². The van der Waals surface area contributed by atoms with Crippen LogP contribution in [-0.4, -0.2) is 28.9 Å². The van der Waals surface area contributed by atoms with Crippen molar-refractivity contribution in [3.8, 4) is 0 Å². The van der Waals surface area contributed by atoms with Crippen LogP contribution in [0.3, 0.4) is 0 Å². The third kappa shape index (κ3) is 3.16. The van der Waals surface area contributed by atoms with Gasteiger partial charge in [0.1, 0.15) is 6.54 Å². The van der Waals surface area contributed by atoms with Crippen molar-refractivity contribution in [1.29, 1.82) is 0 Å². The Bertz CT molecular complexity index is 879. The molecule has 0 bridgehead atoms. The van der Waals surface area contributed by atoms with E-state index in [-0.39, 0.29) is 12.0 Å². The fourth-order valence-electron chi connectivity index (χ4n) is 1.76. The van der Waals surface area contributed by atoms with Gasteiger partial charge >= 0.3 is 0 Å². The summed E-state index contributed by atoms with van der Waals surface area (Å²) in [5.41, 5.74) is 0.216. The fourth-order valence-corrected chi connectivity index (χ4v) is 2.43. The van der Waals surface area contributed by atoms with E-state index in [9.17, 15) is 18.0 Å². The van der Waals surface area contributed by atoms with E-state index in [4.69, 9.17) is 0 Å². The Hall–Kier alpha value is -2.22. The molecule has 1 aromatic carbocycles. The highest BCUT2D eigenvalue weighted by Gasteiger charge is 2.30. The van der Waals surface area contributed by atoms with Gasteiger partial charge in [0.25, 0.3) is 5.91 Å². The van der Waals surface area contributed by atoms with Gasteiger partial charge in [0.2, 0.25) is 15.5 Å². The van der Waals surface area contributed by atoms with Crippen LogP contribution in [0, 0.1) is 0 Å². The summed E-state index contributed by atoms with van der Waals surface area (Å²) in [6.07, 6.45) is 1.11. The Balaban J connectivity index is 2.31. The van der Waals surface area contributed by atoms with Crippen LogP contribution in [0.4, 0.5) is 0 Å². The van der Waals surface area contributed by atoms with Crippen LogP contribution in [0.1, 0.15) is 20.8 Å². The Morgan fingerprint density at radius 3 is 2.55 bits per heavy atom. The lowest BCUT2D eigenvalue weighted by molar-refractivity contribution is -0.120. The van der Waals surface area contributed by atoms with Crippen LogP contribution in [0.2, 0.25) is 0 Å². The van der Waals surface area contributed by atoms with Crippen LogP contribution in [-0.2, 0) is 21.4 Å². The average molecular weight is 323 g/mol. The van der Waals surface area contributed by atoms with E-state index in [1.165, 1.54) is 25.5 Å². The molecule has 0 spiro atoms. The fraction of sp³-hybridized carbons (Fsp3) is 0.357. The van der Waals surface area contributed by atoms with Crippen LogP contribution in [0.25, 0.3) is 10.9 Å². The van der Waals surface area contributed by atoms with Gasteiger partial charge in [0.05, 0.1) is 16.5 Å². The second-order valence-electron chi connectivity index (χ2n) is 5.82. The minimum Gasteiger partial charge on any atom is -0.287 e. The molecule has 1 aromatic heterocycles. The standard InChI is InChI=1S/C14H17N3O4S/c1-14(2,3)22(20,21)16-13(19)9-17-11-7-5-4-6-10(11)12(18)8-15-17/h4-8H,9H2,1-3H3,(H,16,19). The number of nitrogens with one attached hydrogen (secondary N) is 1. The molecular formula is C14H17N3O4S. The molecule has 0 aliphatic rings. The summed E-state index contributed by atoms with van der Waals surface area (Å²) in [4.78, 5) is 23.7. The van der Waals surface area contributed by atoms with E-state index in [0.29, 0.717) is 10.9 Å². The number of benzene rings is 1. The molecule has 118 valence electrons. The predicted octanol–water partition coefficient (Wildman–Crippen LogP) is 0.641. The third-order valence-corrected chi connectivity index (χ3v) is 5.22. The molecule has 0 radical (unpaired) electrons. The Morgan fingerprint density at radius 1 is 1.27 bits per heavy atom. The summed E-state index contributed by atoms with van der Waals surface area (Å²) in [6, 6.07) is 6.69. The summed E-state index contributed by atoms with van der Waals surface area (Å²) in [5, 5.41) is 4.31. The second kappa shape index (κ2) is 5.53. The maximum atomic E-state index is 12.0. The first-order valence-corrected chi connectivity index (χ1v) is 8.10. The molecule has 2 rings (SSSR count). The number of nitrogens with zero attached hydrogens (tertiary/aromatic N) is 2. The van der Waals surface area contributed by atoms with Gasteiger partial charge in [-0.15, -0.1) is 0 Å². The summed E-state index contributed by atoms with van der Waals surface area (Å²) in [5.74, 6) is -0.712. The lowest BCUT2D eigenvalue weighted by atomic mass is 10.2. The molecule has 1 heterocycles. The van der Waals surface area contributed by atoms with Gasteiger partial charge < -0.3 is 0 Å². The number of fused-ring (bicyclic) bond motifs is 1. The van der Waals surface area contributed by atoms with Crippen LogP contribution in [0.15, 0.2) is 35.3 Å². The molecule has 2 aromatic rings. The number of para-hydroxylation sites is 1. The summed E-state index contributed by atoms with van der Waals surface area (Å²) >= 11 is 0. The molecular weight excluding hydrogens is 306 g/mol. The summed E-state index contributed by atoms with van der Waals surface area (Å²) < 4.78 is 26.1. The first-order valence-electron chi connectivity index (χ1n) is 6.62. The quantitative estimate of drug-likeness (QED) is 0.894. The van der Waals surface area contributed by atoms with Crippen molar-refractivity contribution >= 4 is 26.8 Å². The van der Waals surface area contributed by atoms with Gasteiger partial charge in [-0.2, -0.15) is 5.10 Å². The number of aromatic nitrogens is 2. The molecule has 0 aliphatic carbocycles. The summed E-state index contributed by atoms with van der Waals surface area (Å²) in [6.45, 7) is 4.19. The maximum absolute atomic E-state index is 12.0. The normalized spacial score (nSPS) is 12.3. The minimum absolute atomic E-state index is 0.255. The van der Waals surface area contributed by atoms with E-state index in [2.05, 4.69) is 5.10 Å². The van der Waals surface area contributed by atoms with Crippen LogP contribution < -0.4 is 10.2 Å². The molecule has 7 nitrogen and oxygen atoms in total. The highest BCUT2D eigenvalue weighted by Crippen LogP contribution is 2.13. The van der Waals surface area contributed by atoms with Crippen molar-refractivity contribution in [3.63, 3.8) is 0 Å². The molecule has 0 aliphatic heterocycles. The zero-order valence-corrected chi connectivity index (χ0v) is 13.3. The molecule has 0 saturated heterocycles. The Morgan fingerprint density at radius 2 is 1.91 bits per heavy atom. The first-order chi connectivity index (χ1) is 10.1. The number of hydrogen-bond donors (Lipinski definition) is 1. The molecule has 0 fully saturated rings. The largest absolute Gasteiger partial charge is 0.287 e. The number of hydrogen-bond acceptors (Lipinski definition) is 5. The second-order valence-corrected chi connectivity index (χ2v) is 8.26. The molecule has 0 atom stereocenters. The van der Waals surface area contributed by atoms with E-state index in [1.54, 1.807) is 24.3 Å². The number of sulfonamides is 1. The highest BCUT2D eigenvalue weighted by molar-refractivity contribution is 7.91. The lowest BCUT2D eigenvalue weighted by Crippen LogP contribution is -2.43. The number of carbonyl (C=O) groups excluding carboxylic acids is 1. The average Bonchev–Trinajstić information content (AvgIpc) is 2.40. The van der Waals surface area contributed by atoms with E-state index in [0.717, 1.165) is 6.20 Å². The molecule has 8 heteroatoms. The smallest absolute Gasteiger partial charge is 0.255 e. The van der Waals surface area contributed by atoms with E-state index >= 15 is 0 Å². The summed E-state index contributed by atoms with van der Waals surface area (Å²) in [7, 11) is -3.78. The monoisotopic (exact) mass is 323 g/mol. The van der Waals surface area contributed by atoms with Crippen molar-refractivity contribution in [3.05, 3.63) is 40.7 Å². The van der Waals surface area contributed by atoms with Gasteiger partial charge in [-0.05, 0) is 32.9 Å². The predicted molar refractivity (Wildman–Crippen MR) is 82.8 cm³/mol. The van der Waals surface area contributed by atoms with Crippen LogP contribution >= 0.6 is 0 Å². The number of rotatable bonds is 3. The van der Waals surface area contributed by atoms with Crippen molar-refractivity contribution in [2.45, 2.75) is 32.1 Å². The number of carbonyl (C=O) groups is 1. The Kier molecular flexibility index (Phi) is 4.06. The SMILES string of the molecule is CC(C)(C)S(=O)(=O)NC(=O)Cn1ncc(=O)c2ccccc21. The van der Waals surface area contributed by atoms with Crippen LogP contribution in [0.5, 0.6) is 0 Å². The van der Waals surface area contributed by atoms with Crippen molar-refractivity contribution in [1.82, 2.24) is 14.5 Å². The van der Waals surface area contributed by atoms with Gasteiger partial charge in [0, 0.05) is 5.39 Å². The molecule has 1 amide bonds. The topological polar surface area (TPSA) is 98.1 Å². The minimum atomic E-state index is -3.78. The molecule has 22 heavy (non-hydrogen) atoms.